The molecule has 0 atom stereocenters. The number of benzene rings is 1. The molecule has 0 bridgehead atoms. The molecule has 0 aliphatic carbocycles. The van der Waals surface area contributed by atoms with E-state index < -0.39 is 0 Å². The third-order valence-corrected chi connectivity index (χ3v) is 3.43. The Morgan fingerprint density at radius 3 is 2.60 bits per heavy atom. The first-order valence-corrected chi connectivity index (χ1v) is 6.94. The zero-order chi connectivity index (χ0) is 14.4. The monoisotopic (exact) mass is 274 g/mol. The molecule has 0 spiro atoms. The topological polar surface area (TPSA) is 32.8 Å². The molecule has 2 rings (SSSR count). The van der Waals surface area contributed by atoms with Gasteiger partial charge in [0.25, 0.3) is 5.91 Å². The molecule has 1 aliphatic rings. The molecule has 0 aromatic heterocycles. The number of amides is 1. The van der Waals surface area contributed by atoms with E-state index in [1.165, 1.54) is 0 Å². The van der Waals surface area contributed by atoms with Crippen molar-refractivity contribution in [2.75, 3.05) is 39.9 Å². The van der Waals surface area contributed by atoms with Crippen LogP contribution in [0.4, 0.5) is 0 Å². The molecule has 0 unspecified atom stereocenters. The van der Waals surface area contributed by atoms with Gasteiger partial charge in [-0.15, -0.1) is 0 Å². The molecular weight excluding hydrogens is 252 g/mol. The van der Waals surface area contributed by atoms with Crippen LogP contribution in [0.2, 0.25) is 0 Å². The van der Waals surface area contributed by atoms with Crippen molar-refractivity contribution in [1.29, 1.82) is 0 Å². The maximum atomic E-state index is 12.3. The van der Waals surface area contributed by atoms with E-state index in [2.05, 4.69) is 11.5 Å². The van der Waals surface area contributed by atoms with Gasteiger partial charge in [0.1, 0.15) is 0 Å². The largest absolute Gasteiger partial charge is 0.379 e. The predicted octanol–water partition coefficient (Wildman–Crippen LogP) is 1.53. The van der Waals surface area contributed by atoms with Crippen molar-refractivity contribution in [3.63, 3.8) is 0 Å². The lowest BCUT2D eigenvalue weighted by Gasteiger charge is -2.28. The van der Waals surface area contributed by atoms with Crippen LogP contribution in [-0.2, 0) is 16.1 Å². The van der Waals surface area contributed by atoms with Gasteiger partial charge in [0.15, 0.2) is 0 Å². The second-order valence-corrected chi connectivity index (χ2v) is 5.14. The number of nitrogens with zero attached hydrogens (tertiary/aromatic N) is 2. The zero-order valence-electron chi connectivity index (χ0n) is 12.0. The van der Waals surface area contributed by atoms with Crippen molar-refractivity contribution in [3.8, 4) is 0 Å². The molecule has 1 aromatic rings. The number of ether oxygens (including phenoxy) is 1. The van der Waals surface area contributed by atoms with E-state index in [0.717, 1.165) is 31.9 Å². The molecular formula is C16H22N2O2. The summed E-state index contributed by atoms with van der Waals surface area (Å²) in [6, 6.07) is 9.98. The smallest absolute Gasteiger partial charge is 0.250 e. The van der Waals surface area contributed by atoms with Gasteiger partial charge in [-0.05, 0) is 5.56 Å². The molecule has 20 heavy (non-hydrogen) atoms. The second-order valence-electron chi connectivity index (χ2n) is 5.14. The van der Waals surface area contributed by atoms with Crippen molar-refractivity contribution in [2.24, 2.45) is 0 Å². The van der Waals surface area contributed by atoms with Crippen molar-refractivity contribution in [3.05, 3.63) is 48.0 Å². The summed E-state index contributed by atoms with van der Waals surface area (Å²) in [5, 5.41) is 0. The Balaban J connectivity index is 1.84. The maximum Gasteiger partial charge on any atom is 0.250 e. The number of rotatable bonds is 5. The SMILES string of the molecule is C=C(CN1CCOCC1)C(=O)N(C)Cc1ccccc1. The molecule has 0 radical (unpaired) electrons. The summed E-state index contributed by atoms with van der Waals surface area (Å²) in [4.78, 5) is 16.2. The molecule has 1 aliphatic heterocycles. The second kappa shape index (κ2) is 7.22. The average Bonchev–Trinajstić information content (AvgIpc) is 2.48. The highest BCUT2D eigenvalue weighted by molar-refractivity contribution is 5.93. The molecule has 108 valence electrons. The lowest BCUT2D eigenvalue weighted by atomic mass is 10.2. The molecule has 1 saturated heterocycles. The van der Waals surface area contributed by atoms with E-state index >= 15 is 0 Å². The van der Waals surface area contributed by atoms with Crippen molar-refractivity contribution >= 4 is 5.91 Å². The first kappa shape index (κ1) is 14.8. The lowest BCUT2D eigenvalue weighted by Crippen LogP contribution is -2.40. The third kappa shape index (κ3) is 4.18. The summed E-state index contributed by atoms with van der Waals surface area (Å²) in [5.74, 6) is 0.0142. The molecule has 0 saturated carbocycles. The van der Waals surface area contributed by atoms with E-state index in [0.29, 0.717) is 18.7 Å². The van der Waals surface area contributed by atoms with Crippen LogP contribution < -0.4 is 0 Å². The fraction of sp³-hybridized carbons (Fsp3) is 0.438. The minimum absolute atomic E-state index is 0.0142. The first-order valence-electron chi connectivity index (χ1n) is 6.94. The van der Waals surface area contributed by atoms with Gasteiger partial charge >= 0.3 is 0 Å². The molecule has 1 amide bonds. The Kier molecular flexibility index (Phi) is 5.32. The maximum absolute atomic E-state index is 12.3. The number of likely N-dealkylation sites (N-methyl/N-ethyl adjacent to an activating group) is 1. The summed E-state index contributed by atoms with van der Waals surface area (Å²) in [6.45, 7) is 8.39. The Labute approximate surface area is 120 Å². The van der Waals surface area contributed by atoms with Crippen LogP contribution in [0.25, 0.3) is 0 Å². The molecule has 1 fully saturated rings. The highest BCUT2D eigenvalue weighted by Gasteiger charge is 2.17. The molecule has 0 N–H and O–H groups in total. The van der Waals surface area contributed by atoms with Crippen LogP contribution in [0, 0.1) is 0 Å². The summed E-state index contributed by atoms with van der Waals surface area (Å²) < 4.78 is 5.30. The van der Waals surface area contributed by atoms with E-state index in [1.54, 1.807) is 4.90 Å². The molecule has 1 aromatic carbocycles. The fourth-order valence-electron chi connectivity index (χ4n) is 2.30. The predicted molar refractivity (Wildman–Crippen MR) is 79.3 cm³/mol. The minimum atomic E-state index is 0.0142. The van der Waals surface area contributed by atoms with Crippen molar-refractivity contribution in [2.45, 2.75) is 6.54 Å². The highest BCUT2D eigenvalue weighted by Crippen LogP contribution is 2.08. The number of carbonyl (C=O) groups is 1. The number of carbonyl (C=O) groups excluding carboxylic acids is 1. The summed E-state index contributed by atoms with van der Waals surface area (Å²) in [7, 11) is 1.82. The Morgan fingerprint density at radius 2 is 1.95 bits per heavy atom. The normalized spacial score (nSPS) is 15.8. The van der Waals surface area contributed by atoms with Gasteiger partial charge < -0.3 is 9.64 Å². The Morgan fingerprint density at radius 1 is 1.30 bits per heavy atom. The van der Waals surface area contributed by atoms with Crippen molar-refractivity contribution < 1.29 is 9.53 Å². The third-order valence-electron chi connectivity index (χ3n) is 3.43. The quantitative estimate of drug-likeness (QED) is 0.764. The molecule has 4 heteroatoms. The summed E-state index contributed by atoms with van der Waals surface area (Å²) >= 11 is 0. The summed E-state index contributed by atoms with van der Waals surface area (Å²) in [6.07, 6.45) is 0. The highest BCUT2D eigenvalue weighted by atomic mass is 16.5. The number of hydrogen-bond donors (Lipinski definition) is 0. The Bertz CT molecular complexity index is 453. The van der Waals surface area contributed by atoms with Crippen LogP contribution in [0.15, 0.2) is 42.5 Å². The Hall–Kier alpha value is -1.65. The van der Waals surface area contributed by atoms with Crippen LogP contribution in [0.5, 0.6) is 0 Å². The van der Waals surface area contributed by atoms with Gasteiger partial charge in [0.05, 0.1) is 13.2 Å². The average molecular weight is 274 g/mol. The minimum Gasteiger partial charge on any atom is -0.379 e. The standard InChI is InChI=1S/C16H22N2O2/c1-14(12-18-8-10-20-11-9-18)16(19)17(2)13-15-6-4-3-5-7-15/h3-7H,1,8-13H2,2H3. The molecule has 4 nitrogen and oxygen atoms in total. The number of hydrogen-bond acceptors (Lipinski definition) is 3. The van der Waals surface area contributed by atoms with Crippen LogP contribution in [-0.4, -0.2) is 55.6 Å². The van der Waals surface area contributed by atoms with Gasteiger partial charge in [-0.2, -0.15) is 0 Å². The van der Waals surface area contributed by atoms with Gasteiger partial charge in [-0.25, -0.2) is 0 Å². The van der Waals surface area contributed by atoms with Gasteiger partial charge in [-0.1, -0.05) is 36.9 Å². The van der Waals surface area contributed by atoms with Crippen LogP contribution in [0.3, 0.4) is 0 Å². The fourth-order valence-corrected chi connectivity index (χ4v) is 2.30. The van der Waals surface area contributed by atoms with Crippen LogP contribution in [0.1, 0.15) is 5.56 Å². The summed E-state index contributed by atoms with van der Waals surface area (Å²) in [5.41, 5.74) is 1.77. The first-order chi connectivity index (χ1) is 9.66. The van der Waals surface area contributed by atoms with E-state index in [4.69, 9.17) is 4.74 Å². The number of morpholine rings is 1. The lowest BCUT2D eigenvalue weighted by molar-refractivity contribution is -0.126. The zero-order valence-corrected chi connectivity index (χ0v) is 12.0. The van der Waals surface area contributed by atoms with E-state index in [1.807, 2.05) is 37.4 Å². The van der Waals surface area contributed by atoms with Crippen LogP contribution >= 0.6 is 0 Å². The van der Waals surface area contributed by atoms with Crippen molar-refractivity contribution in [1.82, 2.24) is 9.80 Å². The van der Waals surface area contributed by atoms with E-state index in [9.17, 15) is 4.79 Å². The van der Waals surface area contributed by atoms with Gasteiger partial charge in [0.2, 0.25) is 0 Å². The van der Waals surface area contributed by atoms with Gasteiger partial charge in [0, 0.05) is 38.8 Å². The van der Waals surface area contributed by atoms with E-state index in [-0.39, 0.29) is 5.91 Å². The molecule has 1 heterocycles. The van der Waals surface area contributed by atoms with Gasteiger partial charge in [-0.3, -0.25) is 9.69 Å².